The minimum Gasteiger partial charge on any atom is -0.378 e. The zero-order chi connectivity index (χ0) is 15.2. The van der Waals surface area contributed by atoms with Gasteiger partial charge in [-0.3, -0.25) is 9.59 Å². The molecule has 1 saturated heterocycles. The average Bonchev–Trinajstić information content (AvgIpc) is 2.55. The first-order valence-electron chi connectivity index (χ1n) is 7.06. The number of amides is 2. The topological polar surface area (TPSA) is 72.9 Å². The highest BCUT2D eigenvalue weighted by Crippen LogP contribution is 2.14. The van der Waals surface area contributed by atoms with E-state index in [1.165, 1.54) is 11.9 Å². The van der Waals surface area contributed by atoms with Crippen molar-refractivity contribution in [1.82, 2.24) is 15.1 Å². The van der Waals surface area contributed by atoms with Crippen LogP contribution in [0.2, 0.25) is 0 Å². The predicted molar refractivity (Wildman–Crippen MR) is 85.7 cm³/mol. The number of aliphatic hydroxyl groups is 1. The van der Waals surface area contributed by atoms with Gasteiger partial charge < -0.3 is 20.2 Å². The van der Waals surface area contributed by atoms with E-state index in [9.17, 15) is 14.7 Å². The lowest BCUT2D eigenvalue weighted by Crippen LogP contribution is -2.50. The highest BCUT2D eigenvalue weighted by Gasteiger charge is 2.24. The van der Waals surface area contributed by atoms with Crippen LogP contribution in [0.4, 0.5) is 0 Å². The molecule has 122 valence electrons. The van der Waals surface area contributed by atoms with Crippen LogP contribution >= 0.6 is 12.4 Å². The molecule has 2 rings (SSSR count). The highest BCUT2D eigenvalue weighted by molar-refractivity contribution is 5.87. The summed E-state index contributed by atoms with van der Waals surface area (Å²) in [5, 5.41) is 13.2. The van der Waals surface area contributed by atoms with Gasteiger partial charge in [0.15, 0.2) is 6.10 Å². The number of rotatable bonds is 4. The van der Waals surface area contributed by atoms with Crippen LogP contribution in [0.15, 0.2) is 30.3 Å². The van der Waals surface area contributed by atoms with Crippen molar-refractivity contribution in [3.05, 3.63) is 35.9 Å². The third-order valence-electron chi connectivity index (χ3n) is 3.57. The fourth-order valence-electron chi connectivity index (χ4n) is 2.28. The quantitative estimate of drug-likeness (QED) is 0.818. The van der Waals surface area contributed by atoms with Gasteiger partial charge in [-0.1, -0.05) is 30.3 Å². The summed E-state index contributed by atoms with van der Waals surface area (Å²) in [6, 6.07) is 8.72. The molecule has 1 aromatic rings. The normalized spacial score (nSPS) is 15.6. The number of hydrogen-bond donors (Lipinski definition) is 2. The number of halogens is 1. The molecule has 0 bridgehead atoms. The monoisotopic (exact) mass is 327 g/mol. The van der Waals surface area contributed by atoms with Crippen LogP contribution in [0, 0.1) is 0 Å². The molecule has 1 aromatic carbocycles. The largest absolute Gasteiger partial charge is 0.378 e. The lowest BCUT2D eigenvalue weighted by molar-refractivity contribution is -0.145. The van der Waals surface area contributed by atoms with E-state index in [1.807, 2.05) is 6.07 Å². The lowest BCUT2D eigenvalue weighted by Gasteiger charge is -2.29. The molecule has 22 heavy (non-hydrogen) atoms. The second-order valence-electron chi connectivity index (χ2n) is 5.14. The summed E-state index contributed by atoms with van der Waals surface area (Å²) in [6.45, 7) is 2.85. The number of nitrogens with zero attached hydrogens (tertiary/aromatic N) is 2. The molecule has 0 saturated carbocycles. The molecule has 1 aliphatic heterocycles. The number of likely N-dealkylation sites (N-methyl/N-ethyl adjacent to an activating group) is 1. The third kappa shape index (κ3) is 4.69. The Balaban J connectivity index is 0.00000242. The summed E-state index contributed by atoms with van der Waals surface area (Å²) in [6.07, 6.45) is -1.23. The minimum atomic E-state index is -1.23. The van der Waals surface area contributed by atoms with Crippen LogP contribution in [-0.4, -0.2) is 66.5 Å². The number of carbonyl (C=O) groups is 2. The van der Waals surface area contributed by atoms with Crippen molar-refractivity contribution in [1.29, 1.82) is 0 Å². The van der Waals surface area contributed by atoms with Crippen molar-refractivity contribution in [2.75, 3.05) is 39.8 Å². The number of carbonyl (C=O) groups excluding carboxylic acids is 2. The molecule has 1 fully saturated rings. The number of piperazine rings is 1. The van der Waals surface area contributed by atoms with Crippen molar-refractivity contribution < 1.29 is 14.7 Å². The van der Waals surface area contributed by atoms with Gasteiger partial charge in [0.2, 0.25) is 5.91 Å². The van der Waals surface area contributed by atoms with Gasteiger partial charge in [-0.25, -0.2) is 0 Å². The maximum Gasteiger partial charge on any atom is 0.256 e. The molecule has 0 radical (unpaired) electrons. The zero-order valence-electron chi connectivity index (χ0n) is 12.6. The van der Waals surface area contributed by atoms with Crippen LogP contribution in [0.3, 0.4) is 0 Å². The first-order valence-corrected chi connectivity index (χ1v) is 7.06. The fourth-order valence-corrected chi connectivity index (χ4v) is 2.28. The van der Waals surface area contributed by atoms with Crippen molar-refractivity contribution in [3.63, 3.8) is 0 Å². The van der Waals surface area contributed by atoms with Gasteiger partial charge in [-0.15, -0.1) is 12.4 Å². The second-order valence-corrected chi connectivity index (χ2v) is 5.14. The van der Waals surface area contributed by atoms with Gasteiger partial charge >= 0.3 is 0 Å². The minimum absolute atomic E-state index is 0. The standard InChI is InChI=1S/C15H21N3O3.ClH/c1-17(11-13(19)18-9-7-16-8-10-18)15(21)14(20)12-5-3-2-4-6-12;/h2-6,14,16,20H,7-11H2,1H3;1H. The van der Waals surface area contributed by atoms with Crippen molar-refractivity contribution in [3.8, 4) is 0 Å². The first kappa shape index (κ1) is 18.4. The van der Waals surface area contributed by atoms with Gasteiger partial charge in [-0.2, -0.15) is 0 Å². The second kappa shape index (κ2) is 8.73. The Morgan fingerprint density at radius 1 is 1.27 bits per heavy atom. The maximum absolute atomic E-state index is 12.2. The number of benzene rings is 1. The molecule has 0 aromatic heterocycles. The number of aliphatic hydroxyl groups excluding tert-OH is 1. The van der Waals surface area contributed by atoms with Crippen molar-refractivity contribution in [2.45, 2.75) is 6.10 Å². The lowest BCUT2D eigenvalue weighted by atomic mass is 10.1. The Labute approximate surface area is 136 Å². The first-order chi connectivity index (χ1) is 10.1. The Morgan fingerprint density at radius 3 is 2.45 bits per heavy atom. The average molecular weight is 328 g/mol. The van der Waals surface area contributed by atoms with Crippen LogP contribution in [0.5, 0.6) is 0 Å². The van der Waals surface area contributed by atoms with E-state index >= 15 is 0 Å². The third-order valence-corrected chi connectivity index (χ3v) is 3.57. The molecule has 6 nitrogen and oxygen atoms in total. The SMILES string of the molecule is CN(CC(=O)N1CCNCC1)C(=O)C(O)c1ccccc1.Cl. The van der Waals surface area contributed by atoms with E-state index in [-0.39, 0.29) is 24.9 Å². The molecular formula is C15H22ClN3O3. The van der Waals surface area contributed by atoms with Crippen LogP contribution < -0.4 is 5.32 Å². The Morgan fingerprint density at radius 2 is 1.86 bits per heavy atom. The van der Waals surface area contributed by atoms with Crippen molar-refractivity contribution in [2.24, 2.45) is 0 Å². The highest BCUT2D eigenvalue weighted by atomic mass is 35.5. The van der Waals surface area contributed by atoms with Crippen LogP contribution in [-0.2, 0) is 9.59 Å². The summed E-state index contributed by atoms with van der Waals surface area (Å²) in [5.41, 5.74) is 0.531. The molecule has 1 aliphatic rings. The Bertz CT molecular complexity index is 492. The van der Waals surface area contributed by atoms with E-state index in [0.717, 1.165) is 13.1 Å². The molecule has 1 heterocycles. The van der Waals surface area contributed by atoms with Gasteiger partial charge in [0, 0.05) is 33.2 Å². The summed E-state index contributed by atoms with van der Waals surface area (Å²) in [4.78, 5) is 27.3. The Kier molecular flexibility index (Phi) is 7.31. The van der Waals surface area contributed by atoms with Gasteiger partial charge in [0.05, 0.1) is 6.54 Å². The molecule has 0 aliphatic carbocycles. The molecule has 2 amide bonds. The van der Waals surface area contributed by atoms with E-state index in [0.29, 0.717) is 18.7 Å². The van der Waals surface area contributed by atoms with E-state index in [1.54, 1.807) is 29.2 Å². The van der Waals surface area contributed by atoms with E-state index in [4.69, 9.17) is 0 Å². The fraction of sp³-hybridized carbons (Fsp3) is 0.467. The molecule has 1 atom stereocenters. The molecule has 0 spiro atoms. The number of nitrogens with one attached hydrogen (secondary N) is 1. The van der Waals surface area contributed by atoms with Gasteiger partial charge in [0.1, 0.15) is 0 Å². The Hall–Kier alpha value is -1.63. The van der Waals surface area contributed by atoms with Crippen molar-refractivity contribution >= 4 is 24.2 Å². The summed E-state index contributed by atoms with van der Waals surface area (Å²) < 4.78 is 0. The zero-order valence-corrected chi connectivity index (χ0v) is 13.4. The maximum atomic E-state index is 12.2. The van der Waals surface area contributed by atoms with E-state index in [2.05, 4.69) is 5.32 Å². The summed E-state index contributed by atoms with van der Waals surface area (Å²) in [5.74, 6) is -0.558. The molecule has 7 heteroatoms. The summed E-state index contributed by atoms with van der Waals surface area (Å²) in [7, 11) is 1.54. The summed E-state index contributed by atoms with van der Waals surface area (Å²) >= 11 is 0. The van der Waals surface area contributed by atoms with Crippen LogP contribution in [0.1, 0.15) is 11.7 Å². The van der Waals surface area contributed by atoms with Gasteiger partial charge in [-0.05, 0) is 5.56 Å². The van der Waals surface area contributed by atoms with Gasteiger partial charge in [0.25, 0.3) is 5.91 Å². The van der Waals surface area contributed by atoms with Crippen LogP contribution in [0.25, 0.3) is 0 Å². The molecule has 1 unspecified atom stereocenters. The smallest absolute Gasteiger partial charge is 0.256 e. The van der Waals surface area contributed by atoms with E-state index < -0.39 is 12.0 Å². The number of hydrogen-bond acceptors (Lipinski definition) is 4. The molecular weight excluding hydrogens is 306 g/mol. The predicted octanol–water partition coefficient (Wildman–Crippen LogP) is 0.0320. The molecule has 2 N–H and O–H groups in total.